The molecule has 0 bridgehead atoms. The fourth-order valence-corrected chi connectivity index (χ4v) is 4.13. The van der Waals surface area contributed by atoms with Gasteiger partial charge in [0.05, 0.1) is 10.7 Å². The lowest BCUT2D eigenvalue weighted by Crippen LogP contribution is -2.31. The lowest BCUT2D eigenvalue weighted by Gasteiger charge is -2.14. The first kappa shape index (κ1) is 21.2. The Labute approximate surface area is 165 Å². The number of amides is 1. The van der Waals surface area contributed by atoms with Crippen molar-refractivity contribution in [1.82, 2.24) is 10.2 Å². The molecular formula is C19H24ClN3O3S. The van der Waals surface area contributed by atoms with Crippen LogP contribution in [-0.2, 0) is 10.0 Å². The van der Waals surface area contributed by atoms with Crippen LogP contribution in [0.3, 0.4) is 0 Å². The minimum Gasteiger partial charge on any atom is -0.351 e. The first-order chi connectivity index (χ1) is 12.6. The van der Waals surface area contributed by atoms with Gasteiger partial charge in [-0.3, -0.25) is 9.52 Å². The van der Waals surface area contributed by atoms with E-state index in [1.807, 2.05) is 45.0 Å². The van der Waals surface area contributed by atoms with E-state index in [9.17, 15) is 13.2 Å². The summed E-state index contributed by atoms with van der Waals surface area (Å²) in [6.45, 7) is 4.89. The van der Waals surface area contributed by atoms with Gasteiger partial charge in [0.2, 0.25) is 0 Å². The summed E-state index contributed by atoms with van der Waals surface area (Å²) in [5.41, 5.74) is 2.54. The second-order valence-electron chi connectivity index (χ2n) is 6.63. The van der Waals surface area contributed by atoms with Crippen molar-refractivity contribution in [1.29, 1.82) is 0 Å². The quantitative estimate of drug-likeness (QED) is 0.736. The van der Waals surface area contributed by atoms with Crippen LogP contribution in [0.5, 0.6) is 0 Å². The van der Waals surface area contributed by atoms with Crippen molar-refractivity contribution >= 4 is 33.2 Å². The number of hydrogen-bond donors (Lipinski definition) is 2. The molecule has 146 valence electrons. The number of rotatable bonds is 7. The highest BCUT2D eigenvalue weighted by Crippen LogP contribution is 2.26. The van der Waals surface area contributed by atoms with Crippen molar-refractivity contribution < 1.29 is 13.2 Å². The average molecular weight is 410 g/mol. The lowest BCUT2D eigenvalue weighted by atomic mass is 10.1. The van der Waals surface area contributed by atoms with Crippen LogP contribution in [0.1, 0.15) is 21.5 Å². The largest absolute Gasteiger partial charge is 0.351 e. The summed E-state index contributed by atoms with van der Waals surface area (Å²) in [5.74, 6) is -0.350. The van der Waals surface area contributed by atoms with Crippen LogP contribution < -0.4 is 10.0 Å². The number of nitrogens with zero attached hydrogens (tertiary/aromatic N) is 1. The molecule has 1 amide bonds. The summed E-state index contributed by atoms with van der Waals surface area (Å²) in [6.07, 6.45) is 0. The molecule has 0 aliphatic rings. The van der Waals surface area contributed by atoms with Crippen LogP contribution >= 0.6 is 11.6 Å². The highest BCUT2D eigenvalue weighted by Gasteiger charge is 2.21. The molecule has 2 aromatic carbocycles. The van der Waals surface area contributed by atoms with E-state index in [1.54, 1.807) is 6.07 Å². The summed E-state index contributed by atoms with van der Waals surface area (Å²) in [6, 6.07) is 9.62. The molecular weight excluding hydrogens is 386 g/mol. The third-order valence-corrected chi connectivity index (χ3v) is 5.80. The molecule has 8 heteroatoms. The molecule has 0 saturated carbocycles. The number of halogens is 1. The minimum absolute atomic E-state index is 0.0529. The van der Waals surface area contributed by atoms with Crippen molar-refractivity contribution in [3.8, 4) is 0 Å². The fourth-order valence-electron chi connectivity index (χ4n) is 2.47. The van der Waals surface area contributed by atoms with Gasteiger partial charge >= 0.3 is 0 Å². The molecule has 2 N–H and O–H groups in total. The zero-order valence-corrected chi connectivity index (χ0v) is 17.4. The predicted octanol–water partition coefficient (Wildman–Crippen LogP) is 3.05. The predicted molar refractivity (Wildman–Crippen MR) is 109 cm³/mol. The monoisotopic (exact) mass is 409 g/mol. The highest BCUT2D eigenvalue weighted by atomic mass is 35.5. The van der Waals surface area contributed by atoms with Gasteiger partial charge in [-0.25, -0.2) is 8.42 Å². The van der Waals surface area contributed by atoms with Crippen molar-refractivity contribution in [3.63, 3.8) is 0 Å². The number of sulfonamides is 1. The van der Waals surface area contributed by atoms with Crippen molar-refractivity contribution in [3.05, 3.63) is 58.1 Å². The summed E-state index contributed by atoms with van der Waals surface area (Å²) in [5, 5.41) is 2.81. The highest BCUT2D eigenvalue weighted by molar-refractivity contribution is 7.92. The molecule has 0 atom stereocenters. The third kappa shape index (κ3) is 5.69. The second kappa shape index (κ2) is 8.73. The summed E-state index contributed by atoms with van der Waals surface area (Å²) in [7, 11) is -0.138. The molecule has 2 rings (SSSR count). The fraction of sp³-hybridized carbons (Fsp3) is 0.316. The Bertz CT molecular complexity index is 943. The Hall–Kier alpha value is -2.09. The van der Waals surface area contributed by atoms with Crippen LogP contribution in [0, 0.1) is 13.8 Å². The number of hydrogen-bond acceptors (Lipinski definition) is 4. The molecule has 0 radical (unpaired) electrons. The number of anilines is 1. The van der Waals surface area contributed by atoms with Gasteiger partial charge in [0.25, 0.3) is 15.9 Å². The van der Waals surface area contributed by atoms with Gasteiger partial charge in [0.1, 0.15) is 4.90 Å². The standard InChI is InChI=1S/C19H24ClN3O3S/c1-13-5-8-17(14(2)11-13)22-27(25,26)18-12-15(6-7-16(18)20)19(24)21-9-10-23(3)4/h5-8,11-12,22H,9-10H2,1-4H3,(H,21,24). The van der Waals surface area contributed by atoms with Crippen LogP contribution in [0.15, 0.2) is 41.3 Å². The number of aryl methyl sites for hydroxylation is 2. The normalized spacial score (nSPS) is 11.5. The smallest absolute Gasteiger partial charge is 0.263 e. The molecule has 0 aromatic heterocycles. The number of carbonyl (C=O) groups excluding carboxylic acids is 1. The van der Waals surface area contributed by atoms with Gasteiger partial charge in [-0.2, -0.15) is 0 Å². The van der Waals surface area contributed by atoms with Gasteiger partial charge < -0.3 is 10.2 Å². The maximum atomic E-state index is 12.8. The molecule has 0 heterocycles. The van der Waals surface area contributed by atoms with E-state index in [-0.39, 0.29) is 21.4 Å². The van der Waals surface area contributed by atoms with Gasteiger partial charge in [-0.15, -0.1) is 0 Å². The number of likely N-dealkylation sites (N-methyl/N-ethyl adjacent to an activating group) is 1. The van der Waals surface area contributed by atoms with Gasteiger partial charge in [-0.05, 0) is 57.8 Å². The van der Waals surface area contributed by atoms with E-state index < -0.39 is 10.0 Å². The SMILES string of the molecule is Cc1ccc(NS(=O)(=O)c2cc(C(=O)NCCN(C)C)ccc2Cl)c(C)c1. The summed E-state index contributed by atoms with van der Waals surface area (Å²) >= 11 is 6.11. The Balaban J connectivity index is 2.27. The molecule has 0 saturated heterocycles. The molecule has 0 fully saturated rings. The Morgan fingerprint density at radius 3 is 2.44 bits per heavy atom. The van der Waals surface area contributed by atoms with Crippen molar-refractivity contribution in [2.24, 2.45) is 0 Å². The summed E-state index contributed by atoms with van der Waals surface area (Å²) < 4.78 is 28.2. The number of benzene rings is 2. The Morgan fingerprint density at radius 2 is 1.81 bits per heavy atom. The van der Waals surface area contributed by atoms with E-state index in [1.165, 1.54) is 18.2 Å². The van der Waals surface area contributed by atoms with Crippen LogP contribution in [0.2, 0.25) is 5.02 Å². The van der Waals surface area contributed by atoms with Crippen LogP contribution in [-0.4, -0.2) is 46.4 Å². The third-order valence-electron chi connectivity index (χ3n) is 3.95. The maximum Gasteiger partial charge on any atom is 0.263 e. The van der Waals surface area contributed by atoms with E-state index in [0.29, 0.717) is 18.8 Å². The van der Waals surface area contributed by atoms with Crippen molar-refractivity contribution in [2.75, 3.05) is 31.9 Å². The Morgan fingerprint density at radius 1 is 1.11 bits per heavy atom. The van der Waals surface area contributed by atoms with Gasteiger partial charge in [0.15, 0.2) is 0 Å². The van der Waals surface area contributed by atoms with Gasteiger partial charge in [0, 0.05) is 18.7 Å². The number of carbonyl (C=O) groups is 1. The molecule has 27 heavy (non-hydrogen) atoms. The lowest BCUT2D eigenvalue weighted by molar-refractivity contribution is 0.0951. The van der Waals surface area contributed by atoms with Crippen LogP contribution in [0.25, 0.3) is 0 Å². The Kier molecular flexibility index (Phi) is 6.86. The molecule has 0 unspecified atom stereocenters. The molecule has 2 aromatic rings. The molecule has 0 aliphatic heterocycles. The maximum absolute atomic E-state index is 12.8. The van der Waals surface area contributed by atoms with E-state index >= 15 is 0 Å². The topological polar surface area (TPSA) is 78.5 Å². The molecule has 0 spiro atoms. The first-order valence-electron chi connectivity index (χ1n) is 8.42. The summed E-state index contributed by atoms with van der Waals surface area (Å²) in [4.78, 5) is 14.1. The first-order valence-corrected chi connectivity index (χ1v) is 10.3. The van der Waals surface area contributed by atoms with E-state index in [0.717, 1.165) is 11.1 Å². The molecule has 0 aliphatic carbocycles. The molecule has 6 nitrogen and oxygen atoms in total. The van der Waals surface area contributed by atoms with Gasteiger partial charge in [-0.1, -0.05) is 29.3 Å². The average Bonchev–Trinajstić information content (AvgIpc) is 2.57. The van der Waals surface area contributed by atoms with Crippen LogP contribution in [0.4, 0.5) is 5.69 Å². The van der Waals surface area contributed by atoms with E-state index in [2.05, 4.69) is 10.0 Å². The second-order valence-corrected chi connectivity index (χ2v) is 8.69. The number of nitrogens with one attached hydrogen (secondary N) is 2. The van der Waals surface area contributed by atoms with E-state index in [4.69, 9.17) is 11.6 Å². The zero-order valence-electron chi connectivity index (χ0n) is 15.8. The van der Waals surface area contributed by atoms with Crippen molar-refractivity contribution in [2.45, 2.75) is 18.7 Å². The zero-order chi connectivity index (χ0) is 20.2. The minimum atomic E-state index is -3.94.